The largest absolute Gasteiger partial charge is 0.421 e. The van der Waals surface area contributed by atoms with E-state index in [1.165, 1.54) is 4.57 Å². The molecule has 3 N–H and O–H groups in total. The summed E-state index contributed by atoms with van der Waals surface area (Å²) in [6.45, 7) is 1.00. The van der Waals surface area contributed by atoms with Gasteiger partial charge >= 0.3 is 5.69 Å². The average molecular weight is 355 g/mol. The molecule has 2 fully saturated rings. The molecule has 4 rings (SSSR count). The molecule has 0 spiro atoms. The number of hydrogen-bond donors (Lipinski definition) is 2. The molecule has 1 atom stereocenters. The van der Waals surface area contributed by atoms with E-state index in [1.54, 1.807) is 4.90 Å². The fourth-order valence-electron chi connectivity index (χ4n) is 3.35. The Kier molecular flexibility index (Phi) is 3.36. The first-order valence-electron chi connectivity index (χ1n) is 7.79. The monoisotopic (exact) mass is 354 g/mol. The second-order valence-corrected chi connectivity index (χ2v) is 6.79. The van der Waals surface area contributed by atoms with Gasteiger partial charge in [-0.15, -0.1) is 0 Å². The molecule has 1 saturated heterocycles. The van der Waals surface area contributed by atoms with Crippen molar-refractivity contribution in [3.05, 3.63) is 37.7 Å². The molecular formula is C15H16ClFN4O3. The molecule has 1 aliphatic heterocycles. The number of aromatic nitrogens is 2. The highest BCUT2D eigenvalue weighted by Gasteiger charge is 2.32. The molecule has 24 heavy (non-hydrogen) atoms. The molecule has 2 aromatic rings. The second kappa shape index (κ2) is 5.22. The van der Waals surface area contributed by atoms with Gasteiger partial charge in [-0.2, -0.15) is 0 Å². The zero-order valence-electron chi connectivity index (χ0n) is 12.7. The summed E-state index contributed by atoms with van der Waals surface area (Å²) in [7, 11) is 0. The van der Waals surface area contributed by atoms with Crippen molar-refractivity contribution >= 4 is 28.2 Å². The van der Waals surface area contributed by atoms with Gasteiger partial charge in [0, 0.05) is 25.2 Å². The normalized spacial score (nSPS) is 21.0. The third-order valence-corrected chi connectivity index (χ3v) is 5.03. The SMILES string of the molecule is NC1CCN(c2c(F)cc3c(=O)n(O)c(=O)n(C4CC4)c3c2Cl)C1. The number of hydrogen-bond acceptors (Lipinski definition) is 5. The van der Waals surface area contributed by atoms with Gasteiger partial charge in [0.15, 0.2) is 0 Å². The Bertz CT molecular complexity index is 966. The van der Waals surface area contributed by atoms with Crippen molar-refractivity contribution in [1.82, 2.24) is 9.30 Å². The minimum atomic E-state index is -0.975. The van der Waals surface area contributed by atoms with E-state index in [9.17, 15) is 19.2 Å². The first-order chi connectivity index (χ1) is 11.4. The van der Waals surface area contributed by atoms with Gasteiger partial charge in [0.05, 0.1) is 21.6 Å². The van der Waals surface area contributed by atoms with Crippen molar-refractivity contribution in [3.63, 3.8) is 0 Å². The highest BCUT2D eigenvalue weighted by molar-refractivity contribution is 6.38. The quantitative estimate of drug-likeness (QED) is 0.787. The molecule has 9 heteroatoms. The van der Waals surface area contributed by atoms with E-state index in [0.717, 1.165) is 18.9 Å². The van der Waals surface area contributed by atoms with Gasteiger partial charge in [-0.25, -0.2) is 9.18 Å². The van der Waals surface area contributed by atoms with E-state index in [2.05, 4.69) is 0 Å². The van der Waals surface area contributed by atoms with Crippen LogP contribution in [0.5, 0.6) is 0 Å². The van der Waals surface area contributed by atoms with Crippen LogP contribution in [0.15, 0.2) is 15.7 Å². The highest BCUT2D eigenvalue weighted by Crippen LogP contribution is 2.41. The lowest BCUT2D eigenvalue weighted by atomic mass is 10.2. The number of benzene rings is 1. The minimum Gasteiger partial charge on any atom is -0.421 e. The van der Waals surface area contributed by atoms with Crippen LogP contribution in [-0.4, -0.2) is 33.6 Å². The molecule has 0 radical (unpaired) electrons. The van der Waals surface area contributed by atoms with Gasteiger partial charge in [-0.05, 0) is 25.3 Å². The Morgan fingerprint density at radius 1 is 1.29 bits per heavy atom. The summed E-state index contributed by atoms with van der Waals surface area (Å²) in [5.41, 5.74) is 4.38. The van der Waals surface area contributed by atoms with Gasteiger partial charge < -0.3 is 15.8 Å². The number of anilines is 1. The van der Waals surface area contributed by atoms with Gasteiger partial charge in [-0.3, -0.25) is 9.36 Å². The zero-order valence-corrected chi connectivity index (χ0v) is 13.5. The third-order valence-electron chi connectivity index (χ3n) is 4.67. The summed E-state index contributed by atoms with van der Waals surface area (Å²) >= 11 is 6.44. The maximum Gasteiger partial charge on any atom is 0.365 e. The van der Waals surface area contributed by atoms with E-state index in [1.807, 2.05) is 0 Å². The molecule has 0 bridgehead atoms. The summed E-state index contributed by atoms with van der Waals surface area (Å²) in [6, 6.07) is 0.816. The molecule has 1 aromatic carbocycles. The van der Waals surface area contributed by atoms with Crippen molar-refractivity contribution in [2.45, 2.75) is 31.3 Å². The number of fused-ring (bicyclic) bond motifs is 1. The van der Waals surface area contributed by atoms with Crippen LogP contribution in [0.1, 0.15) is 25.3 Å². The highest BCUT2D eigenvalue weighted by atomic mass is 35.5. The van der Waals surface area contributed by atoms with Crippen molar-refractivity contribution in [2.75, 3.05) is 18.0 Å². The predicted octanol–water partition coefficient (Wildman–Crippen LogP) is 1.07. The molecule has 1 unspecified atom stereocenters. The van der Waals surface area contributed by atoms with Crippen LogP contribution in [0.4, 0.5) is 10.1 Å². The summed E-state index contributed by atoms with van der Waals surface area (Å²) in [5, 5.41) is 9.64. The average Bonchev–Trinajstić information content (AvgIpc) is 3.28. The van der Waals surface area contributed by atoms with Crippen molar-refractivity contribution in [3.8, 4) is 0 Å². The lowest BCUT2D eigenvalue weighted by Gasteiger charge is -2.22. The Hall–Kier alpha value is -2.06. The van der Waals surface area contributed by atoms with Gasteiger partial charge in [0.1, 0.15) is 5.82 Å². The van der Waals surface area contributed by atoms with E-state index in [-0.39, 0.29) is 38.4 Å². The number of halogens is 2. The van der Waals surface area contributed by atoms with Gasteiger partial charge in [-0.1, -0.05) is 16.3 Å². The van der Waals surface area contributed by atoms with E-state index >= 15 is 0 Å². The number of nitrogens with zero attached hydrogens (tertiary/aromatic N) is 3. The van der Waals surface area contributed by atoms with Crippen molar-refractivity contribution in [1.29, 1.82) is 0 Å². The topological polar surface area (TPSA) is 93.5 Å². The molecular weight excluding hydrogens is 339 g/mol. The van der Waals surface area contributed by atoms with Crippen molar-refractivity contribution in [2.24, 2.45) is 5.73 Å². The summed E-state index contributed by atoms with van der Waals surface area (Å²) in [6.07, 6.45) is 2.19. The molecule has 1 aliphatic carbocycles. The Balaban J connectivity index is 2.08. The first kappa shape index (κ1) is 15.5. The summed E-state index contributed by atoms with van der Waals surface area (Å²) in [4.78, 5) is 26.2. The maximum absolute atomic E-state index is 14.6. The summed E-state index contributed by atoms with van der Waals surface area (Å²) in [5.74, 6) is -0.667. The molecule has 1 saturated carbocycles. The second-order valence-electron chi connectivity index (χ2n) is 6.41. The summed E-state index contributed by atoms with van der Waals surface area (Å²) < 4.78 is 15.9. The predicted molar refractivity (Wildman–Crippen MR) is 87.7 cm³/mol. The maximum atomic E-state index is 14.6. The molecule has 128 valence electrons. The Labute approximate surface area is 140 Å². The zero-order chi connectivity index (χ0) is 17.2. The molecule has 0 amide bonds. The van der Waals surface area contributed by atoms with Crippen LogP contribution in [0.25, 0.3) is 10.9 Å². The minimum absolute atomic E-state index is 0.0146. The lowest BCUT2D eigenvalue weighted by molar-refractivity contribution is 0.157. The Morgan fingerprint density at radius 2 is 2.00 bits per heavy atom. The van der Waals surface area contributed by atoms with E-state index in [0.29, 0.717) is 19.5 Å². The van der Waals surface area contributed by atoms with Gasteiger partial charge in [0.25, 0.3) is 5.56 Å². The van der Waals surface area contributed by atoms with Crippen LogP contribution in [0, 0.1) is 5.82 Å². The molecule has 1 aromatic heterocycles. The lowest BCUT2D eigenvalue weighted by Crippen LogP contribution is -2.39. The number of nitrogens with two attached hydrogens (primary N) is 1. The van der Waals surface area contributed by atoms with Crippen LogP contribution < -0.4 is 21.9 Å². The Morgan fingerprint density at radius 3 is 2.58 bits per heavy atom. The number of rotatable bonds is 2. The van der Waals surface area contributed by atoms with Crippen LogP contribution >= 0.6 is 11.6 Å². The third kappa shape index (κ3) is 2.13. The molecule has 2 aliphatic rings. The molecule has 2 heterocycles. The van der Waals surface area contributed by atoms with Crippen LogP contribution in [0.2, 0.25) is 5.02 Å². The fourth-order valence-corrected chi connectivity index (χ4v) is 3.75. The first-order valence-corrected chi connectivity index (χ1v) is 8.17. The molecule has 7 nitrogen and oxygen atoms in total. The van der Waals surface area contributed by atoms with Gasteiger partial charge in [0.2, 0.25) is 0 Å². The standard InChI is InChI=1S/C15H16ClFN4O3/c16-11-12-9(5-10(17)13(11)19-4-3-7(18)6-19)14(22)21(24)15(23)20(12)8-1-2-8/h5,7-8,24H,1-4,6,18H2. The smallest absolute Gasteiger partial charge is 0.365 e. The van der Waals surface area contributed by atoms with E-state index in [4.69, 9.17) is 17.3 Å². The van der Waals surface area contributed by atoms with Crippen LogP contribution in [0.3, 0.4) is 0 Å². The van der Waals surface area contributed by atoms with Crippen LogP contribution in [-0.2, 0) is 0 Å². The van der Waals surface area contributed by atoms with E-state index < -0.39 is 17.1 Å². The fraction of sp³-hybridized carbons (Fsp3) is 0.467. The van der Waals surface area contributed by atoms with Crippen molar-refractivity contribution < 1.29 is 9.60 Å².